The number of Topliss-reactive ketones (excluding diaryl/α,β-unsaturated/α-hetero) is 1. The maximum absolute atomic E-state index is 13.3. The van der Waals surface area contributed by atoms with E-state index in [2.05, 4.69) is 29.9 Å². The topological polar surface area (TPSA) is 55.1 Å². The quantitative estimate of drug-likeness (QED) is 0.476. The van der Waals surface area contributed by atoms with E-state index in [0.29, 0.717) is 24.0 Å². The average molecular weight is 426 g/mol. The van der Waals surface area contributed by atoms with Gasteiger partial charge in [-0.2, -0.15) is 5.10 Å². The van der Waals surface area contributed by atoms with Crippen LogP contribution in [-0.2, 0) is 6.42 Å². The van der Waals surface area contributed by atoms with Gasteiger partial charge in [-0.15, -0.1) is 0 Å². The van der Waals surface area contributed by atoms with E-state index in [0.717, 1.165) is 28.9 Å². The van der Waals surface area contributed by atoms with Crippen LogP contribution in [0.15, 0.2) is 60.3 Å². The van der Waals surface area contributed by atoms with Crippen molar-refractivity contribution in [1.29, 1.82) is 0 Å². The Hall–Kier alpha value is -3.49. The third kappa shape index (κ3) is 3.11. The number of ketones is 1. The Labute approximate surface area is 186 Å². The van der Waals surface area contributed by atoms with E-state index in [-0.39, 0.29) is 11.6 Å². The lowest BCUT2D eigenvalue weighted by Crippen LogP contribution is -2.44. The van der Waals surface area contributed by atoms with Gasteiger partial charge in [0.1, 0.15) is 11.4 Å². The Morgan fingerprint density at radius 2 is 1.94 bits per heavy atom. The molecule has 32 heavy (non-hydrogen) atoms. The number of aliphatic hydroxyl groups is 1. The fourth-order valence-electron chi connectivity index (χ4n) is 4.91. The first-order valence-electron chi connectivity index (χ1n) is 10.7. The number of carbonyl (C=O) groups is 1. The number of fused-ring (bicyclic) bond motifs is 2. The van der Waals surface area contributed by atoms with Crippen LogP contribution in [0.2, 0.25) is 0 Å². The van der Waals surface area contributed by atoms with Gasteiger partial charge in [-0.05, 0) is 68.2 Å². The van der Waals surface area contributed by atoms with Gasteiger partial charge in [-0.1, -0.05) is 42.5 Å². The molecule has 5 heteroatoms. The molecule has 1 N–H and O–H groups in total. The molecule has 0 spiro atoms. The minimum atomic E-state index is -1.21. The van der Waals surface area contributed by atoms with E-state index in [1.807, 2.05) is 29.1 Å². The number of nitrogens with zero attached hydrogens (tertiary/aromatic N) is 2. The molecule has 2 aromatic carbocycles. The minimum Gasteiger partial charge on any atom is -0.377 e. The summed E-state index contributed by atoms with van der Waals surface area (Å²) in [5, 5.41) is 16.2. The number of halogens is 1. The Balaban J connectivity index is 1.52. The molecule has 3 aromatic rings. The van der Waals surface area contributed by atoms with Gasteiger partial charge in [0.2, 0.25) is 0 Å². The van der Waals surface area contributed by atoms with E-state index in [4.69, 9.17) is 0 Å². The van der Waals surface area contributed by atoms with E-state index in [1.165, 1.54) is 19.1 Å². The molecule has 1 unspecified atom stereocenters. The van der Waals surface area contributed by atoms with Crippen LogP contribution in [0.4, 0.5) is 4.39 Å². The van der Waals surface area contributed by atoms with Crippen LogP contribution in [0, 0.1) is 23.1 Å². The summed E-state index contributed by atoms with van der Waals surface area (Å²) in [7, 11) is 0. The summed E-state index contributed by atoms with van der Waals surface area (Å²) in [5.74, 6) is 5.89. The number of carbonyl (C=O) groups excluding carboxylic acids is 1. The lowest BCUT2D eigenvalue weighted by atomic mass is 9.67. The third-order valence-electron chi connectivity index (χ3n) is 6.90. The summed E-state index contributed by atoms with van der Waals surface area (Å²) >= 11 is 0. The average Bonchev–Trinajstić information content (AvgIpc) is 3.29. The highest BCUT2D eigenvalue weighted by atomic mass is 19.1. The number of rotatable bonds is 2. The lowest BCUT2D eigenvalue weighted by Gasteiger charge is -2.39. The predicted molar refractivity (Wildman–Crippen MR) is 121 cm³/mol. The molecular formula is C27H23FN2O2. The number of hydrogen-bond acceptors (Lipinski definition) is 3. The molecule has 4 nitrogen and oxygen atoms in total. The van der Waals surface area contributed by atoms with Crippen molar-refractivity contribution in [2.24, 2.45) is 5.41 Å². The van der Waals surface area contributed by atoms with Crippen molar-refractivity contribution in [3.63, 3.8) is 0 Å². The fourth-order valence-corrected chi connectivity index (χ4v) is 4.91. The molecule has 0 amide bonds. The van der Waals surface area contributed by atoms with E-state index in [1.54, 1.807) is 18.2 Å². The van der Waals surface area contributed by atoms with Gasteiger partial charge < -0.3 is 5.11 Å². The highest BCUT2D eigenvalue weighted by molar-refractivity contribution is 5.96. The second-order valence-electron chi connectivity index (χ2n) is 8.83. The zero-order valence-electron chi connectivity index (χ0n) is 18.0. The summed E-state index contributed by atoms with van der Waals surface area (Å²) in [6.45, 7) is 3.57. The van der Waals surface area contributed by atoms with Crippen LogP contribution in [0.25, 0.3) is 11.8 Å². The van der Waals surface area contributed by atoms with Crippen LogP contribution >= 0.6 is 0 Å². The van der Waals surface area contributed by atoms with Crippen LogP contribution < -0.4 is 0 Å². The second-order valence-corrected chi connectivity index (χ2v) is 8.83. The minimum absolute atomic E-state index is 0.0457. The van der Waals surface area contributed by atoms with Crippen LogP contribution in [0.5, 0.6) is 0 Å². The molecule has 1 aromatic heterocycles. The molecule has 0 saturated heterocycles. The predicted octanol–water partition coefficient (Wildman–Crippen LogP) is 4.74. The van der Waals surface area contributed by atoms with Crippen molar-refractivity contribution >= 4 is 11.9 Å². The highest BCUT2D eigenvalue weighted by Gasteiger charge is 2.54. The van der Waals surface area contributed by atoms with Gasteiger partial charge >= 0.3 is 0 Å². The van der Waals surface area contributed by atoms with Gasteiger partial charge in [-0.25, -0.2) is 9.07 Å². The molecule has 2 aliphatic rings. The van der Waals surface area contributed by atoms with Crippen LogP contribution in [0.3, 0.4) is 0 Å². The number of hydrogen-bond donors (Lipinski definition) is 1. The summed E-state index contributed by atoms with van der Waals surface area (Å²) in [4.78, 5) is 11.9. The Morgan fingerprint density at radius 1 is 1.19 bits per heavy atom. The Morgan fingerprint density at radius 3 is 2.69 bits per heavy atom. The summed E-state index contributed by atoms with van der Waals surface area (Å²) in [6, 6.07) is 13.5. The maximum Gasteiger partial charge on any atom is 0.161 e. The van der Waals surface area contributed by atoms with E-state index < -0.39 is 11.0 Å². The molecule has 0 aliphatic heterocycles. The monoisotopic (exact) mass is 426 g/mol. The SMILES string of the molecule is CC(=O)c1ccccc1C#C[C@]1(O)CCC2=Cc3c(cnn3-c3ccc(F)cc3)CC21C. The standard InChI is InChI=1S/C27H23FN2O2/c1-18(31)24-6-4-3-5-19(24)11-13-27(32)14-12-21-15-25-20(16-26(21,27)2)17-29-30(25)23-9-7-22(28)8-10-23/h3-10,15,17,32H,12,14,16H2,1-2H3/t26?,27-/m0/s1. The highest BCUT2D eigenvalue weighted by Crippen LogP contribution is 2.55. The zero-order valence-corrected chi connectivity index (χ0v) is 18.0. The van der Waals surface area contributed by atoms with Gasteiger partial charge in [0.25, 0.3) is 0 Å². The first kappa shape index (κ1) is 20.4. The molecule has 1 heterocycles. The van der Waals surface area contributed by atoms with Crippen molar-refractivity contribution < 1.29 is 14.3 Å². The van der Waals surface area contributed by atoms with Crippen molar-refractivity contribution in [1.82, 2.24) is 9.78 Å². The van der Waals surface area contributed by atoms with Gasteiger partial charge in [-0.3, -0.25) is 4.79 Å². The van der Waals surface area contributed by atoms with Crippen molar-refractivity contribution in [3.05, 3.63) is 88.5 Å². The second kappa shape index (κ2) is 7.29. The van der Waals surface area contributed by atoms with Crippen LogP contribution in [-0.4, -0.2) is 26.3 Å². The largest absolute Gasteiger partial charge is 0.377 e. The summed E-state index contributed by atoms with van der Waals surface area (Å²) < 4.78 is 15.2. The van der Waals surface area contributed by atoms with Gasteiger partial charge in [0.15, 0.2) is 5.78 Å². The molecule has 0 bridgehead atoms. The first-order chi connectivity index (χ1) is 15.3. The first-order valence-corrected chi connectivity index (χ1v) is 10.7. The number of aromatic nitrogens is 2. The molecular weight excluding hydrogens is 403 g/mol. The summed E-state index contributed by atoms with van der Waals surface area (Å²) in [5.41, 5.74) is 3.35. The molecule has 2 aliphatic carbocycles. The smallest absolute Gasteiger partial charge is 0.161 e. The normalized spacial score (nSPS) is 23.6. The number of benzene rings is 2. The van der Waals surface area contributed by atoms with Gasteiger partial charge in [0.05, 0.1) is 17.6 Å². The molecule has 0 radical (unpaired) electrons. The third-order valence-corrected chi connectivity index (χ3v) is 6.90. The van der Waals surface area contributed by atoms with Crippen LogP contribution in [0.1, 0.15) is 53.9 Å². The van der Waals surface area contributed by atoms with Crippen molar-refractivity contribution in [2.75, 3.05) is 0 Å². The van der Waals surface area contributed by atoms with Crippen molar-refractivity contribution in [2.45, 2.75) is 38.7 Å². The molecule has 2 atom stereocenters. The molecule has 1 saturated carbocycles. The van der Waals surface area contributed by atoms with Gasteiger partial charge in [0, 0.05) is 16.5 Å². The Bertz CT molecular complexity index is 1330. The zero-order chi connectivity index (χ0) is 22.5. The van der Waals surface area contributed by atoms with E-state index in [9.17, 15) is 14.3 Å². The Kier molecular flexibility index (Phi) is 4.65. The van der Waals surface area contributed by atoms with Crippen molar-refractivity contribution in [3.8, 4) is 17.5 Å². The summed E-state index contributed by atoms with van der Waals surface area (Å²) in [6.07, 6.45) is 5.77. The molecule has 160 valence electrons. The fraction of sp³-hybridized carbons (Fsp3) is 0.259. The van der Waals surface area contributed by atoms with E-state index >= 15 is 0 Å². The lowest BCUT2D eigenvalue weighted by molar-refractivity contribution is 0.0153. The molecule has 5 rings (SSSR count). The molecule has 1 fully saturated rings. The maximum atomic E-state index is 13.3.